The molecule has 0 aromatic rings. The number of hydrogen-bond donors (Lipinski definition) is 1. The molecule has 0 spiro atoms. The van der Waals surface area contributed by atoms with Crippen molar-refractivity contribution in [2.45, 2.75) is 37.8 Å². The van der Waals surface area contributed by atoms with Crippen molar-refractivity contribution in [3.63, 3.8) is 0 Å². The van der Waals surface area contributed by atoms with Crippen molar-refractivity contribution >= 4 is 6.03 Å². The van der Waals surface area contributed by atoms with Crippen molar-refractivity contribution in [2.75, 3.05) is 39.3 Å². The second kappa shape index (κ2) is 5.45. The van der Waals surface area contributed by atoms with E-state index in [1.807, 2.05) is 4.90 Å². The van der Waals surface area contributed by atoms with Crippen LogP contribution in [-0.2, 0) is 4.74 Å². The van der Waals surface area contributed by atoms with Crippen molar-refractivity contribution in [3.05, 3.63) is 0 Å². The predicted octanol–water partition coefficient (Wildman–Crippen LogP) is 0.655. The number of nitrogens with one attached hydrogen (secondary N) is 1. The summed E-state index contributed by atoms with van der Waals surface area (Å²) in [5, 5.41) is 3.35. The number of hydrogen-bond acceptors (Lipinski definition) is 3. The zero-order valence-electron chi connectivity index (χ0n) is 10.9. The van der Waals surface area contributed by atoms with Gasteiger partial charge in [0.15, 0.2) is 0 Å². The van der Waals surface area contributed by atoms with Gasteiger partial charge in [-0.15, -0.1) is 0 Å². The molecule has 3 fully saturated rings. The van der Waals surface area contributed by atoms with Crippen LogP contribution < -0.4 is 5.32 Å². The number of piperidine rings is 1. The summed E-state index contributed by atoms with van der Waals surface area (Å²) < 4.78 is 5.62. The maximum atomic E-state index is 12.4. The highest BCUT2D eigenvalue weighted by atomic mass is 16.5. The molecule has 5 heteroatoms. The molecule has 1 atom stereocenters. The normalized spacial score (nSPS) is 30.4. The number of rotatable bonds is 3. The Morgan fingerprint density at radius 1 is 1.22 bits per heavy atom. The van der Waals surface area contributed by atoms with E-state index in [1.54, 1.807) is 0 Å². The summed E-state index contributed by atoms with van der Waals surface area (Å²) in [6, 6.07) is 0.686. The van der Waals surface area contributed by atoms with Gasteiger partial charge >= 0.3 is 6.03 Å². The highest BCUT2D eigenvalue weighted by molar-refractivity contribution is 5.77. The summed E-state index contributed by atoms with van der Waals surface area (Å²) in [5.41, 5.74) is 0. The van der Waals surface area contributed by atoms with E-state index in [0.29, 0.717) is 6.04 Å². The van der Waals surface area contributed by atoms with Gasteiger partial charge in [0.25, 0.3) is 0 Å². The van der Waals surface area contributed by atoms with E-state index in [-0.39, 0.29) is 12.1 Å². The molecule has 3 saturated heterocycles. The molecule has 0 aliphatic carbocycles. The summed E-state index contributed by atoms with van der Waals surface area (Å²) in [6.45, 7) is 5.52. The van der Waals surface area contributed by atoms with Gasteiger partial charge in [-0.2, -0.15) is 0 Å². The molecule has 3 aliphatic heterocycles. The summed E-state index contributed by atoms with van der Waals surface area (Å²) >= 11 is 0. The van der Waals surface area contributed by atoms with Crippen molar-refractivity contribution in [1.82, 2.24) is 15.1 Å². The van der Waals surface area contributed by atoms with Crippen LogP contribution in [-0.4, -0.2) is 67.3 Å². The van der Waals surface area contributed by atoms with Gasteiger partial charge in [-0.25, -0.2) is 4.79 Å². The summed E-state index contributed by atoms with van der Waals surface area (Å²) in [5.74, 6) is 0. The van der Waals surface area contributed by atoms with Gasteiger partial charge in [-0.05, 0) is 38.8 Å². The van der Waals surface area contributed by atoms with E-state index in [0.717, 1.165) is 65.0 Å². The van der Waals surface area contributed by atoms with E-state index in [1.165, 1.54) is 0 Å². The number of urea groups is 1. The molecule has 0 aromatic heterocycles. The minimum Gasteiger partial charge on any atom is -0.376 e. The third kappa shape index (κ3) is 2.47. The van der Waals surface area contributed by atoms with Crippen LogP contribution in [0.5, 0.6) is 0 Å². The average Bonchev–Trinajstić information content (AvgIpc) is 3.03. The smallest absolute Gasteiger partial charge is 0.320 e. The Hall–Kier alpha value is -0.810. The summed E-state index contributed by atoms with van der Waals surface area (Å²) in [4.78, 5) is 16.4. The lowest BCUT2D eigenvalue weighted by Crippen LogP contribution is -2.45. The SMILES string of the molecule is O=C1N(C[C@H]2CCCO2)CCN1C1CCNCC1. The third-order valence-electron chi connectivity index (χ3n) is 4.32. The molecule has 2 amide bonds. The lowest BCUT2D eigenvalue weighted by Gasteiger charge is -2.31. The molecular weight excluding hydrogens is 230 g/mol. The van der Waals surface area contributed by atoms with Gasteiger partial charge in [-0.3, -0.25) is 0 Å². The van der Waals surface area contributed by atoms with Gasteiger partial charge in [0.2, 0.25) is 0 Å². The highest BCUT2D eigenvalue weighted by Crippen LogP contribution is 2.21. The fourth-order valence-electron chi connectivity index (χ4n) is 3.26. The molecule has 18 heavy (non-hydrogen) atoms. The van der Waals surface area contributed by atoms with Crippen LogP contribution in [0.3, 0.4) is 0 Å². The van der Waals surface area contributed by atoms with Gasteiger partial charge in [0, 0.05) is 32.3 Å². The number of carbonyl (C=O) groups is 1. The van der Waals surface area contributed by atoms with E-state index < -0.39 is 0 Å². The topological polar surface area (TPSA) is 44.8 Å². The summed E-state index contributed by atoms with van der Waals surface area (Å²) in [6.07, 6.45) is 4.72. The van der Waals surface area contributed by atoms with Crippen LogP contribution in [0, 0.1) is 0 Å². The quantitative estimate of drug-likeness (QED) is 0.803. The monoisotopic (exact) mass is 253 g/mol. The molecule has 3 rings (SSSR count). The minimum absolute atomic E-state index is 0.234. The standard InChI is InChI=1S/C13H23N3O2/c17-13-15(10-12-2-1-9-18-12)7-8-16(13)11-3-5-14-6-4-11/h11-12,14H,1-10H2/t12-/m1/s1. The Morgan fingerprint density at radius 2 is 2.06 bits per heavy atom. The third-order valence-corrected chi connectivity index (χ3v) is 4.32. The van der Waals surface area contributed by atoms with E-state index in [4.69, 9.17) is 4.74 Å². The second-order valence-corrected chi connectivity index (χ2v) is 5.54. The molecule has 0 radical (unpaired) electrons. The molecule has 3 heterocycles. The van der Waals surface area contributed by atoms with Crippen molar-refractivity contribution in [3.8, 4) is 0 Å². The Bertz CT molecular complexity index is 299. The van der Waals surface area contributed by atoms with E-state index >= 15 is 0 Å². The Kier molecular flexibility index (Phi) is 3.70. The van der Waals surface area contributed by atoms with E-state index in [2.05, 4.69) is 10.2 Å². The lowest BCUT2D eigenvalue weighted by molar-refractivity contribution is 0.0844. The maximum absolute atomic E-state index is 12.4. The van der Waals surface area contributed by atoms with Crippen LogP contribution in [0.4, 0.5) is 4.79 Å². The minimum atomic E-state index is 0.234. The zero-order valence-corrected chi connectivity index (χ0v) is 10.9. The van der Waals surface area contributed by atoms with Crippen LogP contribution in [0.15, 0.2) is 0 Å². The first kappa shape index (κ1) is 12.2. The zero-order chi connectivity index (χ0) is 12.4. The first-order valence-corrected chi connectivity index (χ1v) is 7.22. The highest BCUT2D eigenvalue weighted by Gasteiger charge is 2.35. The largest absolute Gasteiger partial charge is 0.376 e. The molecule has 0 aromatic carbocycles. The average molecular weight is 253 g/mol. The molecular formula is C13H23N3O2. The number of ether oxygens (including phenoxy) is 1. The number of amides is 2. The van der Waals surface area contributed by atoms with Crippen LogP contribution in [0.2, 0.25) is 0 Å². The first-order valence-electron chi connectivity index (χ1n) is 7.22. The lowest BCUT2D eigenvalue weighted by atomic mass is 10.1. The molecule has 102 valence electrons. The summed E-state index contributed by atoms with van der Waals surface area (Å²) in [7, 11) is 0. The molecule has 5 nitrogen and oxygen atoms in total. The molecule has 3 aliphatic rings. The van der Waals surface area contributed by atoms with Crippen molar-refractivity contribution in [1.29, 1.82) is 0 Å². The molecule has 1 N–H and O–H groups in total. The van der Waals surface area contributed by atoms with Gasteiger partial charge < -0.3 is 19.9 Å². The van der Waals surface area contributed by atoms with Crippen molar-refractivity contribution < 1.29 is 9.53 Å². The second-order valence-electron chi connectivity index (χ2n) is 5.54. The number of carbonyl (C=O) groups excluding carboxylic acids is 1. The van der Waals surface area contributed by atoms with Crippen molar-refractivity contribution in [2.24, 2.45) is 0 Å². The van der Waals surface area contributed by atoms with Crippen LogP contribution in [0.1, 0.15) is 25.7 Å². The maximum Gasteiger partial charge on any atom is 0.320 e. The van der Waals surface area contributed by atoms with Gasteiger partial charge in [0.05, 0.1) is 6.10 Å². The molecule has 0 saturated carbocycles. The fourth-order valence-corrected chi connectivity index (χ4v) is 3.26. The van der Waals surface area contributed by atoms with Crippen LogP contribution in [0.25, 0.3) is 0 Å². The van der Waals surface area contributed by atoms with Gasteiger partial charge in [-0.1, -0.05) is 0 Å². The Balaban J connectivity index is 1.54. The van der Waals surface area contributed by atoms with Crippen LogP contribution >= 0.6 is 0 Å². The molecule has 0 bridgehead atoms. The Morgan fingerprint density at radius 3 is 2.78 bits per heavy atom. The Labute approximate surface area is 108 Å². The first-order chi connectivity index (χ1) is 8.84. The molecule has 0 unspecified atom stereocenters. The van der Waals surface area contributed by atoms with E-state index in [9.17, 15) is 4.79 Å². The van der Waals surface area contributed by atoms with Gasteiger partial charge in [0.1, 0.15) is 0 Å². The predicted molar refractivity (Wildman–Crippen MR) is 68.5 cm³/mol. The number of nitrogens with zero attached hydrogens (tertiary/aromatic N) is 2. The fraction of sp³-hybridized carbons (Fsp3) is 0.923.